The summed E-state index contributed by atoms with van der Waals surface area (Å²) in [7, 11) is 0. The van der Waals surface area contributed by atoms with Crippen molar-refractivity contribution >= 4 is 40.5 Å². The molecule has 0 N–H and O–H groups in total. The number of amides is 1. The van der Waals surface area contributed by atoms with E-state index in [9.17, 15) is 10.1 Å². The van der Waals surface area contributed by atoms with Crippen LogP contribution in [-0.4, -0.2) is 29.6 Å². The van der Waals surface area contributed by atoms with E-state index in [4.69, 9.17) is 28.2 Å². The first-order chi connectivity index (χ1) is 14.1. The Kier molecular flexibility index (Phi) is 5.71. The maximum Gasteiger partial charge on any atom is 0.255 e. The zero-order valence-electron chi connectivity index (χ0n) is 15.7. The molecule has 0 spiro atoms. The van der Waals surface area contributed by atoms with Gasteiger partial charge in [-0.15, -0.1) is 0 Å². The van der Waals surface area contributed by atoms with Crippen molar-refractivity contribution in [2.75, 3.05) is 13.1 Å². The first-order valence-corrected chi connectivity index (χ1v) is 10.3. The summed E-state index contributed by atoms with van der Waals surface area (Å²) in [5.41, 5.74) is 3.97. The largest absolute Gasteiger partial charge is 0.339 e. The topological polar surface area (TPSA) is 56.5 Å². The highest BCUT2D eigenvalue weighted by molar-refractivity contribution is 6.42. The molecule has 0 aliphatic carbocycles. The van der Waals surface area contributed by atoms with Crippen LogP contribution in [0.5, 0.6) is 0 Å². The highest BCUT2D eigenvalue weighted by Gasteiger charge is 2.28. The van der Waals surface area contributed by atoms with Crippen LogP contribution >= 0.6 is 23.2 Å². The third-order valence-electron chi connectivity index (χ3n) is 5.52. The first-order valence-electron chi connectivity index (χ1n) is 9.58. The van der Waals surface area contributed by atoms with E-state index in [2.05, 4.69) is 12.1 Å². The van der Waals surface area contributed by atoms with Crippen molar-refractivity contribution in [3.05, 3.63) is 75.3 Å². The van der Waals surface area contributed by atoms with Gasteiger partial charge in [-0.2, -0.15) is 5.26 Å². The van der Waals surface area contributed by atoms with Gasteiger partial charge < -0.3 is 4.90 Å². The Morgan fingerprint density at radius 2 is 1.86 bits per heavy atom. The molecule has 0 unspecified atom stereocenters. The second-order valence-electron chi connectivity index (χ2n) is 7.25. The molecule has 2 heterocycles. The summed E-state index contributed by atoms with van der Waals surface area (Å²) in [6.45, 7) is 1.34. The van der Waals surface area contributed by atoms with Gasteiger partial charge >= 0.3 is 0 Å². The minimum atomic E-state index is -0.0661. The Morgan fingerprint density at radius 3 is 2.59 bits per heavy atom. The van der Waals surface area contributed by atoms with E-state index in [0.29, 0.717) is 40.2 Å². The monoisotopic (exact) mass is 423 g/mol. The van der Waals surface area contributed by atoms with Crippen LogP contribution in [0.2, 0.25) is 10.0 Å². The summed E-state index contributed by atoms with van der Waals surface area (Å²) in [6, 6.07) is 14.6. The molecule has 2 aliphatic heterocycles. The molecule has 1 fully saturated rings. The van der Waals surface area contributed by atoms with Crippen molar-refractivity contribution in [2.45, 2.75) is 19.3 Å². The number of aliphatic imine (C=N–C) groups is 1. The van der Waals surface area contributed by atoms with Crippen molar-refractivity contribution in [3.8, 4) is 6.07 Å². The van der Waals surface area contributed by atoms with Gasteiger partial charge in [0.05, 0.1) is 32.9 Å². The summed E-state index contributed by atoms with van der Waals surface area (Å²) in [5.74, 6) is 0.297. The number of hydrogen-bond acceptors (Lipinski definition) is 3. The molecule has 0 radical (unpaired) electrons. The average molecular weight is 424 g/mol. The van der Waals surface area contributed by atoms with Crippen molar-refractivity contribution in [3.63, 3.8) is 0 Å². The molecule has 2 aromatic rings. The first kappa shape index (κ1) is 19.7. The zero-order chi connectivity index (χ0) is 20.4. The van der Waals surface area contributed by atoms with E-state index < -0.39 is 0 Å². The lowest BCUT2D eigenvalue weighted by Crippen LogP contribution is -2.40. The number of hydrogen-bond donors (Lipinski definition) is 0. The molecule has 6 heteroatoms. The number of rotatable bonds is 3. The average Bonchev–Trinajstić information content (AvgIpc) is 3.25. The van der Waals surface area contributed by atoms with Crippen LogP contribution in [0.15, 0.2) is 53.5 Å². The van der Waals surface area contributed by atoms with E-state index in [0.717, 1.165) is 36.2 Å². The van der Waals surface area contributed by atoms with E-state index >= 15 is 0 Å². The van der Waals surface area contributed by atoms with Crippen LogP contribution in [0.4, 0.5) is 0 Å². The Balaban J connectivity index is 1.41. The van der Waals surface area contributed by atoms with Gasteiger partial charge in [-0.25, -0.2) is 0 Å². The van der Waals surface area contributed by atoms with Crippen molar-refractivity contribution in [1.82, 2.24) is 4.90 Å². The minimum Gasteiger partial charge on any atom is -0.339 e. The number of benzene rings is 2. The predicted octanol–water partition coefficient (Wildman–Crippen LogP) is 5.60. The predicted molar refractivity (Wildman–Crippen MR) is 116 cm³/mol. The van der Waals surface area contributed by atoms with Gasteiger partial charge in [0.1, 0.15) is 0 Å². The maximum absolute atomic E-state index is 12.8. The van der Waals surface area contributed by atoms with E-state index in [1.54, 1.807) is 30.3 Å². The maximum atomic E-state index is 12.8. The van der Waals surface area contributed by atoms with E-state index in [-0.39, 0.29) is 5.91 Å². The molecular weight excluding hydrogens is 405 g/mol. The van der Waals surface area contributed by atoms with Crippen molar-refractivity contribution in [2.24, 2.45) is 10.9 Å². The molecule has 29 heavy (non-hydrogen) atoms. The van der Waals surface area contributed by atoms with Crippen LogP contribution in [0.1, 0.15) is 40.7 Å². The molecule has 2 aromatic carbocycles. The number of nitrogens with zero attached hydrogens (tertiary/aromatic N) is 3. The van der Waals surface area contributed by atoms with Gasteiger partial charge in [0.15, 0.2) is 0 Å². The molecule has 0 saturated carbocycles. The molecule has 1 amide bonds. The summed E-state index contributed by atoms with van der Waals surface area (Å²) in [6.07, 6.45) is 4.70. The molecule has 4 rings (SSSR count). The van der Waals surface area contributed by atoms with Gasteiger partial charge in [-0.05, 0) is 37.1 Å². The molecule has 2 aliphatic rings. The molecule has 0 atom stereocenters. The SMILES string of the molecule is N#Cc1ccccc1C(=O)N1CCC(C2=NC(c3ccc(Cl)c(Cl)c3)=CC2)CC1. The van der Waals surface area contributed by atoms with Gasteiger partial charge in [0.2, 0.25) is 0 Å². The fraction of sp³-hybridized carbons (Fsp3) is 0.261. The van der Waals surface area contributed by atoms with Gasteiger partial charge in [-0.3, -0.25) is 9.79 Å². The number of halogens is 2. The summed E-state index contributed by atoms with van der Waals surface area (Å²) in [5, 5.41) is 10.3. The molecule has 0 bridgehead atoms. The molecule has 146 valence electrons. The number of carbonyl (C=O) groups excluding carboxylic acids is 1. The minimum absolute atomic E-state index is 0.0661. The summed E-state index contributed by atoms with van der Waals surface area (Å²) >= 11 is 12.1. The number of nitriles is 1. The highest BCUT2D eigenvalue weighted by Crippen LogP contribution is 2.32. The molecule has 4 nitrogen and oxygen atoms in total. The molecule has 0 aromatic heterocycles. The van der Waals surface area contributed by atoms with Crippen molar-refractivity contribution < 1.29 is 4.79 Å². The van der Waals surface area contributed by atoms with E-state index in [1.165, 1.54) is 0 Å². The number of piperidine rings is 1. The quantitative estimate of drug-likeness (QED) is 0.644. The van der Waals surface area contributed by atoms with Gasteiger partial charge in [-0.1, -0.05) is 47.5 Å². The Bertz CT molecular complexity index is 1060. The van der Waals surface area contributed by atoms with Gasteiger partial charge in [0, 0.05) is 36.7 Å². The lowest BCUT2D eigenvalue weighted by atomic mass is 9.90. The Morgan fingerprint density at radius 1 is 1.10 bits per heavy atom. The van der Waals surface area contributed by atoms with Gasteiger partial charge in [0.25, 0.3) is 5.91 Å². The van der Waals surface area contributed by atoms with Crippen LogP contribution in [0, 0.1) is 17.2 Å². The molecule has 1 saturated heterocycles. The Hall–Kier alpha value is -2.61. The third-order valence-corrected chi connectivity index (χ3v) is 6.25. The number of carbonyl (C=O) groups is 1. The summed E-state index contributed by atoms with van der Waals surface area (Å²) < 4.78 is 0. The lowest BCUT2D eigenvalue weighted by molar-refractivity contribution is 0.0709. The summed E-state index contributed by atoms with van der Waals surface area (Å²) in [4.78, 5) is 19.5. The fourth-order valence-electron chi connectivity index (χ4n) is 3.90. The second kappa shape index (κ2) is 8.41. The smallest absolute Gasteiger partial charge is 0.255 e. The highest BCUT2D eigenvalue weighted by atomic mass is 35.5. The van der Waals surface area contributed by atoms with Crippen LogP contribution in [0.3, 0.4) is 0 Å². The normalized spacial score (nSPS) is 16.9. The van der Waals surface area contributed by atoms with Crippen LogP contribution in [-0.2, 0) is 0 Å². The molecular formula is C23H19Cl2N3O. The number of allylic oxidation sites excluding steroid dienone is 1. The lowest BCUT2D eigenvalue weighted by Gasteiger charge is -2.32. The van der Waals surface area contributed by atoms with E-state index in [1.807, 2.05) is 17.0 Å². The fourth-order valence-corrected chi connectivity index (χ4v) is 4.19. The third kappa shape index (κ3) is 4.07. The van der Waals surface area contributed by atoms with Crippen molar-refractivity contribution in [1.29, 1.82) is 5.26 Å². The Labute approximate surface area is 180 Å². The van der Waals surface area contributed by atoms with Crippen LogP contribution in [0.25, 0.3) is 5.70 Å². The van der Waals surface area contributed by atoms with Crippen LogP contribution < -0.4 is 0 Å². The zero-order valence-corrected chi connectivity index (χ0v) is 17.2. The standard InChI is InChI=1S/C23H19Cl2N3O/c24-19-6-5-16(13-20(19)25)22-8-7-21(27-22)15-9-11-28(12-10-15)23(29)18-4-2-1-3-17(18)14-26/h1-6,8,13,15H,7,9-12H2. The second-order valence-corrected chi connectivity index (χ2v) is 8.06. The number of likely N-dealkylation sites (tertiary alicyclic amines) is 1.